The third-order valence-corrected chi connectivity index (χ3v) is 11.9. The van der Waals surface area contributed by atoms with E-state index in [1.807, 2.05) is 84.9 Å². The largest absolute Gasteiger partial charge is 0.508 e. The first-order valence-electron chi connectivity index (χ1n) is 17.7. The molecule has 2 fully saturated rings. The molecule has 1 saturated heterocycles. The fraction of sp³-hybridized carbons (Fsp3) is 0.182. The Morgan fingerprint density at radius 3 is 2.25 bits per heavy atom. The number of Topliss-reactive ketones (excluding diaryl/α,β-unsaturated/α-hetero) is 1. The zero-order chi connectivity index (χ0) is 36.6. The molecule has 3 aliphatic carbocycles. The summed E-state index contributed by atoms with van der Waals surface area (Å²) in [5.74, 6) is -5.74. The van der Waals surface area contributed by atoms with Crippen LogP contribution in [0.3, 0.4) is 0 Å². The summed E-state index contributed by atoms with van der Waals surface area (Å²) in [7, 11) is 0. The molecule has 260 valence electrons. The van der Waals surface area contributed by atoms with E-state index in [1.165, 1.54) is 30.3 Å². The molecule has 6 atom stereocenters. The van der Waals surface area contributed by atoms with Crippen molar-refractivity contribution in [2.24, 2.45) is 23.7 Å². The van der Waals surface area contributed by atoms with Gasteiger partial charge in [-0.05, 0) is 58.9 Å². The van der Waals surface area contributed by atoms with Gasteiger partial charge >= 0.3 is 0 Å². The lowest BCUT2D eigenvalue weighted by Gasteiger charge is -2.55. The number of amides is 2. The molecule has 2 amide bonds. The number of allylic oxidation sites excluding steroid dienone is 4. The monoisotopic (exact) mass is 700 g/mol. The van der Waals surface area contributed by atoms with Gasteiger partial charge < -0.3 is 5.11 Å². The van der Waals surface area contributed by atoms with E-state index < -0.39 is 51.7 Å². The molecule has 1 heterocycles. The normalized spacial score (nSPS) is 26.4. The molecule has 0 spiro atoms. The van der Waals surface area contributed by atoms with E-state index in [0.717, 1.165) is 15.9 Å². The Hall–Kier alpha value is -6.48. The molecule has 53 heavy (non-hydrogen) atoms. The van der Waals surface area contributed by atoms with Crippen LogP contribution >= 0.6 is 0 Å². The quantitative estimate of drug-likeness (QED) is 0.0869. The number of carbonyl (C=O) groups is 4. The summed E-state index contributed by atoms with van der Waals surface area (Å²) in [6, 6.07) is 34.7. The summed E-state index contributed by atoms with van der Waals surface area (Å²) in [4.78, 5) is 71.4. The Kier molecular flexibility index (Phi) is 7.37. The number of imide groups is 1. The van der Waals surface area contributed by atoms with Crippen LogP contribution in [0.4, 0.5) is 11.4 Å². The Morgan fingerprint density at radius 1 is 0.774 bits per heavy atom. The van der Waals surface area contributed by atoms with Crippen molar-refractivity contribution < 1.29 is 29.2 Å². The summed E-state index contributed by atoms with van der Waals surface area (Å²) >= 11 is 0. The highest BCUT2D eigenvalue weighted by Gasteiger charge is 2.66. The number of nitro groups is 1. The Morgan fingerprint density at radius 2 is 1.49 bits per heavy atom. The molecule has 0 bridgehead atoms. The maximum atomic E-state index is 15.3. The van der Waals surface area contributed by atoms with Crippen molar-refractivity contribution in [3.8, 4) is 5.75 Å². The van der Waals surface area contributed by atoms with Crippen molar-refractivity contribution in [2.75, 3.05) is 4.90 Å². The number of phenols is 1. The summed E-state index contributed by atoms with van der Waals surface area (Å²) in [6.07, 6.45) is 3.67. The zero-order valence-electron chi connectivity index (χ0n) is 28.3. The fourth-order valence-electron chi connectivity index (χ4n) is 9.78. The summed E-state index contributed by atoms with van der Waals surface area (Å²) < 4.78 is 0. The van der Waals surface area contributed by atoms with Gasteiger partial charge in [0.2, 0.25) is 11.8 Å². The molecule has 0 aromatic heterocycles. The molecule has 9 nitrogen and oxygen atoms in total. The first-order valence-corrected chi connectivity index (χ1v) is 17.7. The maximum Gasteiger partial charge on any atom is 0.271 e. The molecular weight excluding hydrogens is 668 g/mol. The van der Waals surface area contributed by atoms with Crippen LogP contribution in [0.25, 0.3) is 16.3 Å². The predicted molar refractivity (Wildman–Crippen MR) is 198 cm³/mol. The maximum absolute atomic E-state index is 15.3. The molecule has 9 rings (SSSR count). The Labute approximate surface area is 304 Å². The summed E-state index contributed by atoms with van der Waals surface area (Å²) in [5, 5.41) is 25.1. The van der Waals surface area contributed by atoms with Crippen molar-refractivity contribution in [1.82, 2.24) is 0 Å². The van der Waals surface area contributed by atoms with Gasteiger partial charge in [0, 0.05) is 35.1 Å². The van der Waals surface area contributed by atoms with Crippen LogP contribution in [0.1, 0.15) is 35.4 Å². The molecule has 6 unspecified atom stereocenters. The van der Waals surface area contributed by atoms with Crippen LogP contribution in [0.2, 0.25) is 0 Å². The number of phenolic OH excluding ortho intramolecular Hbond substituents is 1. The van der Waals surface area contributed by atoms with Gasteiger partial charge in [0.25, 0.3) is 5.69 Å². The highest BCUT2D eigenvalue weighted by molar-refractivity contribution is 6.32. The van der Waals surface area contributed by atoms with E-state index in [1.54, 1.807) is 18.2 Å². The number of aromatic hydroxyl groups is 1. The minimum atomic E-state index is -1.50. The Bertz CT molecular complexity index is 2470. The summed E-state index contributed by atoms with van der Waals surface area (Å²) in [6.45, 7) is 0. The number of benzene rings is 5. The molecule has 0 radical (unpaired) electrons. The molecule has 1 saturated carbocycles. The number of ketones is 2. The smallest absolute Gasteiger partial charge is 0.271 e. The van der Waals surface area contributed by atoms with Gasteiger partial charge in [0.1, 0.15) is 5.75 Å². The van der Waals surface area contributed by atoms with E-state index >= 15 is 9.59 Å². The first-order chi connectivity index (χ1) is 25.7. The SMILES string of the molecule is O=C1C(c2ccccc2)=CC(=O)C2(c3ccccc3)C1CC1C(=CCC3C(=O)N(c4cccc([N+](=O)[O-])c4)C(=O)C31)C2c1c(O)ccc2ccccc12. The van der Waals surface area contributed by atoms with E-state index in [-0.39, 0.29) is 47.1 Å². The predicted octanol–water partition coefficient (Wildman–Crippen LogP) is 7.48. The number of fused-ring (bicyclic) bond motifs is 5. The molecule has 5 aromatic carbocycles. The van der Waals surface area contributed by atoms with E-state index in [4.69, 9.17) is 0 Å². The van der Waals surface area contributed by atoms with Gasteiger partial charge in [-0.25, -0.2) is 4.90 Å². The molecule has 1 aliphatic heterocycles. The molecular formula is C44H32N2O7. The topological polar surface area (TPSA) is 135 Å². The van der Waals surface area contributed by atoms with Gasteiger partial charge in [-0.15, -0.1) is 0 Å². The van der Waals surface area contributed by atoms with Gasteiger partial charge in [0.15, 0.2) is 11.6 Å². The van der Waals surface area contributed by atoms with E-state index in [0.29, 0.717) is 22.1 Å². The Balaban J connectivity index is 1.30. The van der Waals surface area contributed by atoms with Gasteiger partial charge in [-0.3, -0.25) is 29.3 Å². The standard InChI is InChI=1S/C44H32N2O7/c47-36-21-18-26-12-7-8-17-30(26)39(36)40-31-19-20-32-38(43(51)45(42(32)50)28-15-9-16-29(22-28)46(52)53)34(31)23-35-41(49)33(25-10-3-1-4-11-25)24-37(48)44(35,40)27-13-5-2-6-14-27/h1-19,21-22,24,32,34-35,38,40,47H,20,23H2. The van der Waals surface area contributed by atoms with Crippen LogP contribution in [0, 0.1) is 33.8 Å². The van der Waals surface area contributed by atoms with Crippen LogP contribution < -0.4 is 4.90 Å². The van der Waals surface area contributed by atoms with Crippen molar-refractivity contribution in [1.29, 1.82) is 0 Å². The lowest BCUT2D eigenvalue weighted by atomic mass is 9.44. The van der Waals surface area contributed by atoms with Crippen LogP contribution in [-0.4, -0.2) is 33.4 Å². The molecule has 5 aromatic rings. The van der Waals surface area contributed by atoms with E-state index in [9.17, 15) is 24.8 Å². The average molecular weight is 701 g/mol. The number of anilines is 1. The van der Waals surface area contributed by atoms with Crippen molar-refractivity contribution >= 4 is 51.1 Å². The van der Waals surface area contributed by atoms with Crippen LogP contribution in [0.15, 0.2) is 139 Å². The second kappa shape index (κ2) is 12.1. The summed E-state index contributed by atoms with van der Waals surface area (Å²) in [5.41, 5.74) is 1.07. The van der Waals surface area contributed by atoms with Gasteiger partial charge in [-0.2, -0.15) is 0 Å². The van der Waals surface area contributed by atoms with Crippen LogP contribution in [0.5, 0.6) is 5.75 Å². The number of nitro benzene ring substituents is 1. The number of hydrogen-bond acceptors (Lipinski definition) is 7. The molecule has 1 N–H and O–H groups in total. The third kappa shape index (κ3) is 4.63. The van der Waals surface area contributed by atoms with Crippen molar-refractivity contribution in [2.45, 2.75) is 24.2 Å². The fourth-order valence-corrected chi connectivity index (χ4v) is 9.78. The number of carbonyl (C=O) groups excluding carboxylic acids is 4. The number of rotatable bonds is 5. The molecule has 9 heteroatoms. The van der Waals surface area contributed by atoms with Gasteiger partial charge in [0.05, 0.1) is 27.9 Å². The second-order valence-corrected chi connectivity index (χ2v) is 14.3. The van der Waals surface area contributed by atoms with Crippen molar-refractivity contribution in [3.63, 3.8) is 0 Å². The minimum absolute atomic E-state index is 0.0449. The third-order valence-electron chi connectivity index (χ3n) is 11.9. The number of nitrogens with zero attached hydrogens (tertiary/aromatic N) is 2. The lowest BCUT2D eigenvalue weighted by molar-refractivity contribution is -0.384. The highest BCUT2D eigenvalue weighted by atomic mass is 16.6. The zero-order valence-corrected chi connectivity index (χ0v) is 28.3. The first kappa shape index (κ1) is 32.4. The number of non-ortho nitro benzene ring substituents is 1. The van der Waals surface area contributed by atoms with Crippen LogP contribution in [-0.2, 0) is 24.6 Å². The molecule has 4 aliphatic rings. The highest BCUT2D eigenvalue weighted by Crippen LogP contribution is 2.65. The van der Waals surface area contributed by atoms with Crippen molar-refractivity contribution in [3.05, 3.63) is 166 Å². The van der Waals surface area contributed by atoms with E-state index in [2.05, 4.69) is 0 Å². The average Bonchev–Trinajstić information content (AvgIpc) is 3.45. The lowest BCUT2D eigenvalue weighted by Crippen LogP contribution is -2.58. The number of hydrogen-bond donors (Lipinski definition) is 1. The van der Waals surface area contributed by atoms with Gasteiger partial charge in [-0.1, -0.05) is 109 Å². The second-order valence-electron chi connectivity index (χ2n) is 14.3. The minimum Gasteiger partial charge on any atom is -0.508 e.